The molecule has 8 nitrogen and oxygen atoms in total. The number of hydrogen-bond donors (Lipinski definition) is 3. The van der Waals surface area contributed by atoms with Gasteiger partial charge in [0.15, 0.2) is 0 Å². The van der Waals surface area contributed by atoms with Crippen LogP contribution >= 0.6 is 0 Å². The van der Waals surface area contributed by atoms with Crippen LogP contribution in [0, 0.1) is 0 Å². The molecule has 5 rings (SSSR count). The van der Waals surface area contributed by atoms with E-state index in [-0.39, 0.29) is 5.91 Å². The molecular formula is C23H26N4O4. The first kappa shape index (κ1) is 20.0. The minimum absolute atomic E-state index is 0.0276. The number of H-pyrrole nitrogens is 1. The average Bonchev–Trinajstić information content (AvgIpc) is 3.42. The van der Waals surface area contributed by atoms with Gasteiger partial charge < -0.3 is 24.8 Å². The SMILES string of the molecule is COc1ccc2[nH]c(-c3ccc(C(=O)N4CCN(C(O)C5(O)CC5)CC4)cc3)nc2c1. The summed E-state index contributed by atoms with van der Waals surface area (Å²) in [6, 6.07) is 13.1. The van der Waals surface area contributed by atoms with Crippen molar-refractivity contribution in [3.63, 3.8) is 0 Å². The van der Waals surface area contributed by atoms with Crippen molar-refractivity contribution in [2.75, 3.05) is 33.3 Å². The number of rotatable bonds is 5. The number of hydrogen-bond acceptors (Lipinski definition) is 6. The number of aromatic amines is 1. The van der Waals surface area contributed by atoms with Crippen LogP contribution in [0.3, 0.4) is 0 Å². The Bertz CT molecular complexity index is 1100. The van der Waals surface area contributed by atoms with Gasteiger partial charge in [-0.15, -0.1) is 0 Å². The van der Waals surface area contributed by atoms with Gasteiger partial charge in [-0.05, 0) is 37.1 Å². The summed E-state index contributed by atoms with van der Waals surface area (Å²) >= 11 is 0. The standard InChI is InChI=1S/C23H26N4O4/c1-31-17-6-7-18-19(14-17)25-20(24-18)15-2-4-16(5-3-15)21(28)26-10-12-27(13-11-26)22(29)23(30)8-9-23/h2-7,14,22,29-30H,8-13H2,1H3,(H,24,25). The third-order valence-corrected chi connectivity index (χ3v) is 6.29. The molecule has 162 valence electrons. The molecule has 1 aromatic heterocycles. The van der Waals surface area contributed by atoms with Gasteiger partial charge in [-0.3, -0.25) is 9.69 Å². The number of benzene rings is 2. The van der Waals surface area contributed by atoms with Gasteiger partial charge in [-0.1, -0.05) is 12.1 Å². The van der Waals surface area contributed by atoms with Gasteiger partial charge in [-0.2, -0.15) is 0 Å². The van der Waals surface area contributed by atoms with E-state index in [0.29, 0.717) is 44.6 Å². The Morgan fingerprint density at radius 3 is 2.48 bits per heavy atom. The average molecular weight is 422 g/mol. The number of methoxy groups -OCH3 is 1. The number of amides is 1. The van der Waals surface area contributed by atoms with Crippen LogP contribution in [0.15, 0.2) is 42.5 Å². The molecular weight excluding hydrogens is 396 g/mol. The van der Waals surface area contributed by atoms with Gasteiger partial charge in [0.25, 0.3) is 5.91 Å². The fourth-order valence-electron chi connectivity index (χ4n) is 4.10. The van der Waals surface area contributed by atoms with Crippen molar-refractivity contribution in [2.45, 2.75) is 24.7 Å². The highest BCUT2D eigenvalue weighted by Gasteiger charge is 2.50. The lowest BCUT2D eigenvalue weighted by Crippen LogP contribution is -2.55. The van der Waals surface area contributed by atoms with Crippen LogP contribution in [-0.4, -0.2) is 81.0 Å². The smallest absolute Gasteiger partial charge is 0.253 e. The maximum absolute atomic E-state index is 12.9. The van der Waals surface area contributed by atoms with Crippen LogP contribution in [0.5, 0.6) is 5.75 Å². The monoisotopic (exact) mass is 422 g/mol. The van der Waals surface area contributed by atoms with Crippen LogP contribution in [0.25, 0.3) is 22.4 Å². The first-order valence-corrected chi connectivity index (χ1v) is 10.5. The molecule has 1 aliphatic heterocycles. The zero-order valence-electron chi connectivity index (χ0n) is 17.4. The molecule has 1 aliphatic carbocycles. The predicted octanol–water partition coefficient (Wildman–Crippen LogP) is 1.84. The van der Waals surface area contributed by atoms with Crippen LogP contribution in [-0.2, 0) is 0 Å². The zero-order valence-corrected chi connectivity index (χ0v) is 17.4. The van der Waals surface area contributed by atoms with Crippen LogP contribution in [0.1, 0.15) is 23.2 Å². The number of nitrogens with one attached hydrogen (secondary N) is 1. The van der Waals surface area contributed by atoms with Gasteiger partial charge in [0, 0.05) is 43.4 Å². The summed E-state index contributed by atoms with van der Waals surface area (Å²) in [6.07, 6.45) is 0.435. The third-order valence-electron chi connectivity index (χ3n) is 6.29. The number of carbonyl (C=O) groups is 1. The summed E-state index contributed by atoms with van der Waals surface area (Å²) in [5.41, 5.74) is 2.31. The van der Waals surface area contributed by atoms with E-state index in [1.54, 1.807) is 12.0 Å². The van der Waals surface area contributed by atoms with Crippen molar-refractivity contribution < 1.29 is 19.7 Å². The molecule has 2 aromatic carbocycles. The number of carbonyl (C=O) groups excluding carboxylic acids is 1. The van der Waals surface area contributed by atoms with Crippen molar-refractivity contribution in [3.8, 4) is 17.1 Å². The molecule has 1 amide bonds. The van der Waals surface area contributed by atoms with Gasteiger partial charge in [0.2, 0.25) is 0 Å². The Morgan fingerprint density at radius 2 is 1.84 bits per heavy atom. The summed E-state index contributed by atoms with van der Waals surface area (Å²) in [5, 5.41) is 20.4. The Hall–Kier alpha value is -2.94. The zero-order chi connectivity index (χ0) is 21.6. The van der Waals surface area contributed by atoms with E-state index >= 15 is 0 Å². The minimum Gasteiger partial charge on any atom is -0.497 e. The predicted molar refractivity (Wildman–Crippen MR) is 116 cm³/mol. The van der Waals surface area contributed by atoms with E-state index < -0.39 is 11.8 Å². The molecule has 8 heteroatoms. The normalized spacial score (nSPS) is 19.4. The second-order valence-electron chi connectivity index (χ2n) is 8.35. The highest BCUT2D eigenvalue weighted by molar-refractivity contribution is 5.94. The van der Waals surface area contributed by atoms with E-state index in [0.717, 1.165) is 28.2 Å². The molecule has 2 aliphatic rings. The van der Waals surface area contributed by atoms with Gasteiger partial charge >= 0.3 is 0 Å². The molecule has 1 saturated heterocycles. The summed E-state index contributed by atoms with van der Waals surface area (Å²) in [4.78, 5) is 24.5. The fourth-order valence-corrected chi connectivity index (χ4v) is 4.10. The van der Waals surface area contributed by atoms with Crippen molar-refractivity contribution in [2.24, 2.45) is 0 Å². The van der Waals surface area contributed by atoms with Crippen molar-refractivity contribution in [3.05, 3.63) is 48.0 Å². The number of imidazole rings is 1. The molecule has 1 atom stereocenters. The fraction of sp³-hybridized carbons (Fsp3) is 0.391. The van der Waals surface area contributed by atoms with Crippen molar-refractivity contribution >= 4 is 16.9 Å². The molecule has 0 radical (unpaired) electrons. The number of aliphatic hydroxyl groups excluding tert-OH is 1. The number of aromatic nitrogens is 2. The molecule has 1 unspecified atom stereocenters. The second-order valence-corrected chi connectivity index (χ2v) is 8.35. The molecule has 0 spiro atoms. The lowest BCUT2D eigenvalue weighted by Gasteiger charge is -2.38. The van der Waals surface area contributed by atoms with Crippen LogP contribution < -0.4 is 4.74 Å². The first-order chi connectivity index (χ1) is 15.0. The highest BCUT2D eigenvalue weighted by atomic mass is 16.5. The van der Waals surface area contributed by atoms with Crippen molar-refractivity contribution in [1.29, 1.82) is 0 Å². The Balaban J connectivity index is 1.25. The summed E-state index contributed by atoms with van der Waals surface area (Å²) < 4.78 is 5.25. The Labute approximate surface area is 180 Å². The number of aliphatic hydroxyl groups is 2. The lowest BCUT2D eigenvalue weighted by atomic mass is 10.1. The summed E-state index contributed by atoms with van der Waals surface area (Å²) in [7, 11) is 1.63. The van der Waals surface area contributed by atoms with Crippen LogP contribution in [0.4, 0.5) is 0 Å². The molecule has 2 fully saturated rings. The topological polar surface area (TPSA) is 102 Å². The Morgan fingerprint density at radius 1 is 1.13 bits per heavy atom. The van der Waals surface area contributed by atoms with E-state index in [1.807, 2.05) is 47.4 Å². The first-order valence-electron chi connectivity index (χ1n) is 10.5. The second kappa shape index (κ2) is 7.64. The number of nitrogens with zero attached hydrogens (tertiary/aromatic N) is 3. The largest absolute Gasteiger partial charge is 0.497 e. The molecule has 2 heterocycles. The van der Waals surface area contributed by atoms with Crippen molar-refractivity contribution in [1.82, 2.24) is 19.8 Å². The molecule has 3 aromatic rings. The van der Waals surface area contributed by atoms with E-state index in [9.17, 15) is 15.0 Å². The summed E-state index contributed by atoms with van der Waals surface area (Å²) in [6.45, 7) is 2.16. The van der Waals surface area contributed by atoms with Crippen LogP contribution in [0.2, 0.25) is 0 Å². The quantitative estimate of drug-likeness (QED) is 0.580. The lowest BCUT2D eigenvalue weighted by molar-refractivity contribution is -0.108. The number of piperazine rings is 1. The molecule has 0 bridgehead atoms. The van der Waals surface area contributed by atoms with E-state index in [4.69, 9.17) is 4.74 Å². The Kier molecular flexibility index (Phi) is 4.92. The van der Waals surface area contributed by atoms with Gasteiger partial charge in [0.05, 0.1) is 18.1 Å². The van der Waals surface area contributed by atoms with Gasteiger partial charge in [-0.25, -0.2) is 4.98 Å². The number of ether oxygens (including phenoxy) is 1. The van der Waals surface area contributed by atoms with Gasteiger partial charge in [0.1, 0.15) is 23.4 Å². The highest BCUT2D eigenvalue weighted by Crippen LogP contribution is 2.39. The maximum atomic E-state index is 12.9. The minimum atomic E-state index is -0.955. The molecule has 3 N–H and O–H groups in total. The summed E-state index contributed by atoms with van der Waals surface area (Å²) in [5.74, 6) is 1.47. The third kappa shape index (κ3) is 3.78. The molecule has 1 saturated carbocycles. The molecule has 31 heavy (non-hydrogen) atoms. The van der Waals surface area contributed by atoms with E-state index in [2.05, 4.69) is 9.97 Å². The number of fused-ring (bicyclic) bond motifs is 1. The maximum Gasteiger partial charge on any atom is 0.253 e. The van der Waals surface area contributed by atoms with E-state index in [1.165, 1.54) is 0 Å².